The van der Waals surface area contributed by atoms with Gasteiger partial charge in [0.25, 0.3) is 0 Å². The number of benzene rings is 2. The van der Waals surface area contributed by atoms with Crippen molar-refractivity contribution in [2.24, 2.45) is 0 Å². The van der Waals surface area contributed by atoms with Crippen LogP contribution in [-0.4, -0.2) is 28.8 Å². The molecule has 1 heterocycles. The van der Waals surface area contributed by atoms with Crippen LogP contribution in [0.2, 0.25) is 0 Å². The maximum Gasteiger partial charge on any atom is 0.491 e. The van der Waals surface area contributed by atoms with Crippen molar-refractivity contribution in [1.82, 2.24) is 5.32 Å². The quantitative estimate of drug-likeness (QED) is 0.300. The van der Waals surface area contributed by atoms with Crippen molar-refractivity contribution in [3.63, 3.8) is 0 Å². The number of unbranched alkanes of at least 4 members (excludes halogenated alkanes) is 1. The Morgan fingerprint density at radius 3 is 2.93 bits per heavy atom. The third-order valence-electron chi connectivity index (χ3n) is 4.51. The van der Waals surface area contributed by atoms with Crippen LogP contribution in [-0.2, 0) is 33.5 Å². The maximum absolute atomic E-state index is 12.9. The number of nitrogens with two attached hydrogens (primary N) is 1. The van der Waals surface area contributed by atoms with Gasteiger partial charge in [-0.15, -0.1) is 0 Å². The molecule has 2 aromatic carbocycles. The molecule has 1 aliphatic rings. The van der Waals surface area contributed by atoms with E-state index in [1.54, 1.807) is 30.3 Å². The molecule has 0 aromatic heterocycles. The van der Waals surface area contributed by atoms with Crippen LogP contribution < -0.4 is 21.2 Å². The predicted molar refractivity (Wildman–Crippen MR) is 111 cm³/mol. The fraction of sp³-hybridized carbons (Fsp3) is 0.316. The molecular weight excluding hydrogens is 377 g/mol. The lowest BCUT2D eigenvalue weighted by molar-refractivity contribution is -0.120. The molecule has 1 atom stereocenters. The molecule has 5 N–H and O–H groups in total. The minimum absolute atomic E-state index is 0.105. The highest BCUT2D eigenvalue weighted by Crippen LogP contribution is 2.21. The van der Waals surface area contributed by atoms with E-state index in [-0.39, 0.29) is 12.3 Å². The van der Waals surface area contributed by atoms with Crippen LogP contribution in [0.1, 0.15) is 30.9 Å². The first kappa shape index (κ1) is 20.4. The Balaban J connectivity index is 1.74. The molecule has 1 aliphatic heterocycles. The Morgan fingerprint density at radius 1 is 1.32 bits per heavy atom. The molecule has 0 radical (unpaired) electrons. The molecule has 2 aromatic rings. The summed E-state index contributed by atoms with van der Waals surface area (Å²) in [7, 11) is -2.56. The van der Waals surface area contributed by atoms with E-state index >= 15 is 0 Å². The summed E-state index contributed by atoms with van der Waals surface area (Å²) in [5.74, 6) is -0.130. The molecule has 1 amide bonds. The molecule has 0 fully saturated rings. The van der Waals surface area contributed by atoms with E-state index in [0.29, 0.717) is 40.4 Å². The zero-order valence-electron chi connectivity index (χ0n) is 15.7. The summed E-state index contributed by atoms with van der Waals surface area (Å²) < 4.78 is 21.0. The first-order valence-electron chi connectivity index (χ1n) is 9.24. The summed E-state index contributed by atoms with van der Waals surface area (Å²) in [5, 5.41) is 12.7. The van der Waals surface area contributed by atoms with Crippen molar-refractivity contribution in [2.45, 2.75) is 37.7 Å². The number of amides is 1. The Labute approximate surface area is 167 Å². The first-order chi connectivity index (χ1) is 13.5. The summed E-state index contributed by atoms with van der Waals surface area (Å²) >= 11 is 0. The van der Waals surface area contributed by atoms with Crippen LogP contribution in [0.15, 0.2) is 41.3 Å². The fourth-order valence-electron chi connectivity index (χ4n) is 3.00. The van der Waals surface area contributed by atoms with Gasteiger partial charge in [-0.05, 0) is 53.3 Å². The van der Waals surface area contributed by atoms with Crippen molar-refractivity contribution in [3.8, 4) is 0 Å². The second kappa shape index (κ2) is 9.23. The normalized spacial score (nSPS) is 13.9. The van der Waals surface area contributed by atoms with Crippen molar-refractivity contribution in [2.75, 3.05) is 17.0 Å². The van der Waals surface area contributed by atoms with Crippen molar-refractivity contribution < 1.29 is 18.7 Å². The Kier molecular flexibility index (Phi) is 6.72. The van der Waals surface area contributed by atoms with Gasteiger partial charge in [0.1, 0.15) is 0 Å². The molecule has 0 spiro atoms. The number of carbonyl (C=O) groups is 1. The summed E-state index contributed by atoms with van der Waals surface area (Å²) in [6, 6.07) is 10.3. The second-order valence-corrected chi connectivity index (χ2v) is 7.88. The van der Waals surface area contributed by atoms with Crippen LogP contribution in [0.3, 0.4) is 0 Å². The molecule has 3 rings (SSSR count). The van der Waals surface area contributed by atoms with Gasteiger partial charge in [0.15, 0.2) is 11.0 Å². The van der Waals surface area contributed by atoms with E-state index in [1.165, 1.54) is 0 Å². The summed E-state index contributed by atoms with van der Waals surface area (Å²) in [5.41, 5.74) is 9.15. The van der Waals surface area contributed by atoms with Crippen LogP contribution in [0.5, 0.6) is 0 Å². The minimum atomic E-state index is -1.59. The molecular formula is C19H24BN3O4S. The molecule has 1 unspecified atom stereocenters. The van der Waals surface area contributed by atoms with Gasteiger partial charge in [-0.25, -0.2) is 4.21 Å². The highest BCUT2D eigenvalue weighted by molar-refractivity contribution is 7.86. The fourth-order valence-corrected chi connectivity index (χ4v) is 4.01. The van der Waals surface area contributed by atoms with Crippen molar-refractivity contribution in [3.05, 3.63) is 47.5 Å². The Hall–Kier alpha value is -2.36. The zero-order valence-corrected chi connectivity index (χ0v) is 16.6. The standard InChI is InChI=1S/C19H24BN3O4S/c1-2-3-8-22-19(24)10-14-9-15(21)5-7-18(14)28(26)23-16-6-4-13-12-27-20(25)17(13)11-16/h4-7,9,11,23,25H,2-3,8,10,12,21H2,1H3,(H,22,24). The molecule has 0 aliphatic carbocycles. The number of hydrogen-bond donors (Lipinski definition) is 4. The summed E-state index contributed by atoms with van der Waals surface area (Å²) in [6.45, 7) is 3.03. The molecule has 0 bridgehead atoms. The second-order valence-electron chi connectivity index (χ2n) is 6.70. The van der Waals surface area contributed by atoms with Gasteiger partial charge in [-0.2, -0.15) is 0 Å². The number of hydrogen-bond acceptors (Lipinski definition) is 5. The molecule has 148 valence electrons. The van der Waals surface area contributed by atoms with Crippen molar-refractivity contribution in [1.29, 1.82) is 0 Å². The molecule has 7 nitrogen and oxygen atoms in total. The van der Waals surface area contributed by atoms with E-state index in [9.17, 15) is 14.0 Å². The monoisotopic (exact) mass is 401 g/mol. The van der Waals surface area contributed by atoms with Crippen LogP contribution in [0.25, 0.3) is 0 Å². The van der Waals surface area contributed by atoms with E-state index < -0.39 is 18.1 Å². The predicted octanol–water partition coefficient (Wildman–Crippen LogP) is 1.08. The van der Waals surface area contributed by atoms with Gasteiger partial charge in [0.2, 0.25) is 5.91 Å². The van der Waals surface area contributed by atoms with Gasteiger partial charge in [0, 0.05) is 17.9 Å². The SMILES string of the molecule is CCCCNC(=O)Cc1cc(N)ccc1S(=O)Nc1ccc2c(c1)B(O)OC2. The van der Waals surface area contributed by atoms with E-state index in [2.05, 4.69) is 17.0 Å². The summed E-state index contributed by atoms with van der Waals surface area (Å²) in [4.78, 5) is 12.7. The topological polar surface area (TPSA) is 114 Å². The lowest BCUT2D eigenvalue weighted by Crippen LogP contribution is -2.28. The number of anilines is 2. The average molecular weight is 401 g/mol. The zero-order chi connectivity index (χ0) is 20.1. The highest BCUT2D eigenvalue weighted by Gasteiger charge is 2.27. The van der Waals surface area contributed by atoms with E-state index in [4.69, 9.17) is 10.4 Å². The van der Waals surface area contributed by atoms with E-state index in [1.807, 2.05) is 6.07 Å². The van der Waals surface area contributed by atoms with Gasteiger partial charge >= 0.3 is 7.12 Å². The number of fused-ring (bicyclic) bond motifs is 1. The minimum Gasteiger partial charge on any atom is -0.423 e. The molecule has 28 heavy (non-hydrogen) atoms. The Bertz CT molecular complexity index is 893. The van der Waals surface area contributed by atoms with Crippen LogP contribution in [0, 0.1) is 0 Å². The number of rotatable bonds is 8. The van der Waals surface area contributed by atoms with E-state index in [0.717, 1.165) is 18.4 Å². The largest absolute Gasteiger partial charge is 0.491 e. The maximum atomic E-state index is 12.9. The number of nitrogen functional groups attached to an aromatic ring is 1. The smallest absolute Gasteiger partial charge is 0.423 e. The Morgan fingerprint density at radius 2 is 2.14 bits per heavy atom. The molecule has 9 heteroatoms. The lowest BCUT2D eigenvalue weighted by atomic mass is 9.79. The summed E-state index contributed by atoms with van der Waals surface area (Å²) in [6.07, 6.45) is 2.02. The van der Waals surface area contributed by atoms with Crippen LogP contribution >= 0.6 is 0 Å². The third-order valence-corrected chi connectivity index (χ3v) is 5.73. The van der Waals surface area contributed by atoms with Crippen molar-refractivity contribution >= 4 is 40.8 Å². The van der Waals surface area contributed by atoms with Gasteiger partial charge in [0.05, 0.1) is 17.9 Å². The highest BCUT2D eigenvalue weighted by atomic mass is 32.2. The molecule has 0 saturated carbocycles. The lowest BCUT2D eigenvalue weighted by Gasteiger charge is -2.13. The van der Waals surface area contributed by atoms with Gasteiger partial charge in [-0.3, -0.25) is 4.79 Å². The number of carbonyl (C=O) groups excluding carboxylic acids is 1. The first-order valence-corrected chi connectivity index (χ1v) is 10.4. The third kappa shape index (κ3) is 4.92. The average Bonchev–Trinajstić information content (AvgIpc) is 3.02. The van der Waals surface area contributed by atoms with Crippen LogP contribution in [0.4, 0.5) is 11.4 Å². The molecule has 0 saturated heterocycles. The van der Waals surface area contributed by atoms with Gasteiger partial charge in [-0.1, -0.05) is 19.4 Å². The van der Waals surface area contributed by atoms with Gasteiger partial charge < -0.3 is 25.5 Å². The number of nitrogens with one attached hydrogen (secondary N) is 2.